The number of carbonyl (C=O) groups is 7. The van der Waals surface area contributed by atoms with Crippen LogP contribution in [0.15, 0.2) is 115 Å². The van der Waals surface area contributed by atoms with Crippen LogP contribution in [-0.4, -0.2) is 284 Å². The number of Topliss-reactive ketones (excluding diaryl/α,β-unsaturated/α-hetero) is 3. The number of nitrogens with one attached hydrogen (secondary N) is 3. The monoisotopic (exact) mass is 1810 g/mol. The quantitative estimate of drug-likeness (QED) is 0.00893. The van der Waals surface area contributed by atoms with Gasteiger partial charge in [-0.1, -0.05) is 76.3 Å². The fourth-order valence-electron chi connectivity index (χ4n) is 18.0. The van der Waals surface area contributed by atoms with Crippen LogP contribution in [0.4, 0.5) is 17.6 Å². The summed E-state index contributed by atoms with van der Waals surface area (Å²) in [6.45, 7) is 19.1. The van der Waals surface area contributed by atoms with E-state index in [0.717, 1.165) is 46.8 Å². The van der Waals surface area contributed by atoms with Gasteiger partial charge in [0.2, 0.25) is 23.6 Å². The third-order valence-corrected chi connectivity index (χ3v) is 25.8. The van der Waals surface area contributed by atoms with Gasteiger partial charge in [-0.2, -0.15) is 5.10 Å². The molecule has 15 atom stereocenters. The van der Waals surface area contributed by atoms with E-state index in [2.05, 4.69) is 45.8 Å². The Morgan fingerprint density at radius 3 is 2.15 bits per heavy atom. The molecule has 1 aliphatic carbocycles. The van der Waals surface area contributed by atoms with Crippen LogP contribution < -0.4 is 26.2 Å². The lowest BCUT2D eigenvalue weighted by Crippen LogP contribution is -2.61. The highest BCUT2D eigenvalue weighted by atomic mass is 16.6. The van der Waals surface area contributed by atoms with Crippen molar-refractivity contribution in [2.45, 2.75) is 206 Å². The molecule has 36 nitrogen and oxygen atoms in total. The minimum atomic E-state index is -2.48. The van der Waals surface area contributed by atoms with E-state index in [0.29, 0.717) is 182 Å². The van der Waals surface area contributed by atoms with E-state index in [1.807, 2.05) is 90.7 Å². The second-order valence-electron chi connectivity index (χ2n) is 35.3. The van der Waals surface area contributed by atoms with Crippen LogP contribution in [0.1, 0.15) is 161 Å². The second-order valence-corrected chi connectivity index (χ2v) is 35.3. The molecule has 0 unspecified atom stereocenters. The summed E-state index contributed by atoms with van der Waals surface area (Å²) < 4.78 is 56.6. The van der Waals surface area contributed by atoms with Crippen LogP contribution in [0.5, 0.6) is 5.75 Å². The molecular formula is C95H131N17O19. The van der Waals surface area contributed by atoms with Gasteiger partial charge in [-0.15, -0.1) is 5.10 Å². The first-order valence-corrected chi connectivity index (χ1v) is 46.1. The maximum Gasteiger partial charge on any atom is 0.329 e. The molecule has 36 heteroatoms. The number of carbonyl (C=O) groups excluding carboxylic acids is 7. The number of phenolic OH excluding ortho intramolecular Hbond substituents is 1. The highest BCUT2D eigenvalue weighted by Gasteiger charge is 2.53. The second kappa shape index (κ2) is 48.1. The van der Waals surface area contributed by atoms with Crippen LogP contribution in [-0.2, 0) is 77.9 Å². The van der Waals surface area contributed by atoms with Gasteiger partial charge in [-0.25, -0.2) is 39.1 Å². The van der Waals surface area contributed by atoms with Crippen LogP contribution in [0, 0.1) is 35.5 Å². The number of piperidine rings is 1. The van der Waals surface area contributed by atoms with E-state index in [9.17, 15) is 48.9 Å². The van der Waals surface area contributed by atoms with E-state index in [1.54, 1.807) is 77.9 Å². The Morgan fingerprint density at radius 2 is 1.44 bits per heavy atom. The zero-order chi connectivity index (χ0) is 93.3. The van der Waals surface area contributed by atoms with Crippen molar-refractivity contribution < 1.29 is 91.5 Å². The summed E-state index contributed by atoms with van der Waals surface area (Å²) in [5.41, 5.74) is 12.8. The largest absolute Gasteiger partial charge is 0.508 e. The fourth-order valence-corrected chi connectivity index (χ4v) is 18.0. The number of piperazine rings is 1. The maximum absolute atomic E-state index is 14.9. The number of rotatable bonds is 32. The van der Waals surface area contributed by atoms with E-state index in [1.165, 1.54) is 24.4 Å². The number of aliphatic hydroxyl groups is 2. The highest BCUT2D eigenvalue weighted by molar-refractivity contribution is 6.39. The molecule has 7 aromatic rings. The number of hydrogen-bond acceptors (Lipinski definition) is 30. The van der Waals surface area contributed by atoms with E-state index in [-0.39, 0.29) is 105 Å². The van der Waals surface area contributed by atoms with Gasteiger partial charge in [-0.3, -0.25) is 28.8 Å². The number of cyclic esters (lactones) is 1. The molecule has 10 heterocycles. The number of ketones is 3. The molecule has 2 bridgehead atoms. The molecule has 8 N–H and O–H groups in total. The zero-order valence-corrected chi connectivity index (χ0v) is 77.1. The SMILES string of the molecule is CO[C@H]1C[C@@H]2CC[C@@H](C)[C@@](O)(O2)C(=O)C(=O)N2CCCC[C@H]2C(=O)O[C@H]([C@H](C)C[C@@H]2CC[C@H](n3cc(-c4cnc(N5CCN(c6ncc(C(=O)NCCOCCOCCOCCOCCC(=O)NCCCCn7nc(-c8cc9cc(O)ccc9[nH]8)c8c(N)ccnc87)cn6)CC5)nc4)nn3)[C@H](OC)C2)CC(=O)[C@H](C)/C=C(\C)[C@@H](O)[C@@H](OC)C(=O)[C@H](C)C[C@H](C)/C=C/C=C/C=C/1C. The number of H-pyrrole nitrogens is 1. The predicted octanol–water partition coefficient (Wildman–Crippen LogP) is 9.19. The standard InChI is InChI=1S/C95H131N17O19/c1-59-18-12-11-13-19-60(2)79(123-8)52-71-24-21-65(7)95(122,131-71)88(118)91(120)110-32-16-14-20-77(110)92(121)130-80(53-78(114)61(3)47-64(6)86(117)87(125-10)85(116)63(5)46-59)62(4)48-66-22-26-76(81(49-66)124-9)112-58-75(105-107-112)68-54-100-93(101-55-68)108-34-36-109(37-35-108)94-102-56-69(57-103-94)90(119)99-31-39-127-41-43-129-45-44-128-42-40-126-38-28-82(115)97-29-15-17-33-111-89-83(72(96)27-30-98-89)84(106-111)74-51-67-50-70(113)23-25-73(67)104-74/h11-13,18-19,23,25,27,30,47,50-51,54-59,61-63,65-66,71,76-77,79-81,86-87,104,113,117,122H,14-17,20-22,24,26,28-29,31-46,48-49,52-53H2,1-10H3,(H2,96,98)(H,97,115)(H,99,119)/b13-11+,18-12+,60-19+,64-47+/t59-,61-,62-,63-,65-,66+,71+,76+,77+,79+,80+,81-,86-,87+,95-/m1/s1. The Balaban J connectivity index is 0.546. The molecule has 6 aromatic heterocycles. The fraction of sp³-hybridized carbons (Fsp3) is 0.589. The number of nitrogens with two attached hydrogens (primary N) is 1. The number of unbranched alkanes of at least 4 members (excludes halogenated alkanes) is 1. The van der Waals surface area contributed by atoms with Crippen molar-refractivity contribution in [3.8, 4) is 28.4 Å². The number of ether oxygens (including phenoxy) is 9. The Labute approximate surface area is 764 Å². The minimum absolute atomic E-state index is 0.0176. The van der Waals surface area contributed by atoms with Gasteiger partial charge in [0.15, 0.2) is 11.4 Å². The summed E-state index contributed by atoms with van der Waals surface area (Å²) in [4.78, 5) is 130. The number of benzene rings is 1. The first kappa shape index (κ1) is 99.3. The number of amides is 3. The normalized spacial score (nSPS) is 26.7. The number of aryl methyl sites for hydroxylation is 1. The Kier molecular flexibility index (Phi) is 36.5. The van der Waals surface area contributed by atoms with Gasteiger partial charge in [0, 0.05) is 164 Å². The lowest BCUT2D eigenvalue weighted by atomic mass is 9.77. The van der Waals surface area contributed by atoms with Gasteiger partial charge >= 0.3 is 5.97 Å². The number of aromatic hydroxyl groups is 1. The average Bonchev–Trinajstić information content (AvgIpc) is 1.64. The van der Waals surface area contributed by atoms with Crippen LogP contribution in [0.2, 0.25) is 0 Å². The number of allylic oxidation sites excluding steroid dienone is 6. The first-order valence-electron chi connectivity index (χ1n) is 46.1. The van der Waals surface area contributed by atoms with Gasteiger partial charge in [-0.05, 0) is 150 Å². The molecule has 5 aliphatic rings. The molecule has 4 aliphatic heterocycles. The van der Waals surface area contributed by atoms with Crippen molar-refractivity contribution in [1.29, 1.82) is 0 Å². The third kappa shape index (κ3) is 26.4. The zero-order valence-electron chi connectivity index (χ0n) is 77.1. The first-order chi connectivity index (χ1) is 63.2. The van der Waals surface area contributed by atoms with E-state index >= 15 is 0 Å². The maximum atomic E-state index is 14.9. The molecule has 3 amide bonds. The Hall–Kier alpha value is -10.7. The number of phenols is 1. The summed E-state index contributed by atoms with van der Waals surface area (Å²) in [7, 11) is 4.61. The number of fused-ring (bicyclic) bond motifs is 5. The van der Waals surface area contributed by atoms with Crippen molar-refractivity contribution in [2.24, 2.45) is 35.5 Å². The summed E-state index contributed by atoms with van der Waals surface area (Å²) in [5.74, 6) is -7.68. The predicted molar refractivity (Wildman–Crippen MR) is 489 cm³/mol. The topological polar surface area (TPSA) is 452 Å². The number of aromatic amines is 1. The molecule has 1 aromatic carbocycles. The molecule has 131 heavy (non-hydrogen) atoms. The summed E-state index contributed by atoms with van der Waals surface area (Å²) in [6.07, 6.45) is 23.0. The number of hydrogen-bond donors (Lipinski definition) is 7. The molecule has 0 spiro atoms. The van der Waals surface area contributed by atoms with Crippen molar-refractivity contribution in [2.75, 3.05) is 136 Å². The molecular weight excluding hydrogens is 1680 g/mol. The molecule has 4 fully saturated rings. The van der Waals surface area contributed by atoms with Gasteiger partial charge in [0.1, 0.15) is 47.3 Å². The van der Waals surface area contributed by atoms with Gasteiger partial charge < -0.3 is 94.0 Å². The number of aliphatic hydroxyl groups excluding tert-OH is 1. The molecule has 1 saturated carbocycles. The highest BCUT2D eigenvalue weighted by Crippen LogP contribution is 2.42. The van der Waals surface area contributed by atoms with Crippen molar-refractivity contribution in [3.05, 3.63) is 121 Å². The Bertz CT molecular complexity index is 5090. The van der Waals surface area contributed by atoms with Gasteiger partial charge in [0.25, 0.3) is 17.6 Å². The average molecular weight is 1820 g/mol. The summed E-state index contributed by atoms with van der Waals surface area (Å²) >= 11 is 0. The number of pyridine rings is 1. The number of nitrogens with zero attached hydrogens (tertiary/aromatic N) is 13. The summed E-state index contributed by atoms with van der Waals surface area (Å²) in [6, 6.07) is 7.42. The van der Waals surface area contributed by atoms with Crippen molar-refractivity contribution in [3.63, 3.8) is 0 Å². The number of nitrogen functional groups attached to an aromatic ring is 1. The van der Waals surface area contributed by atoms with E-state index < -0.39 is 83.7 Å². The number of aromatic nitrogens is 11. The molecule has 3 saturated heterocycles. The molecule has 0 radical (unpaired) electrons. The summed E-state index contributed by atoms with van der Waals surface area (Å²) in [5, 5.41) is 55.3. The van der Waals surface area contributed by atoms with E-state index in [4.69, 9.17) is 63.4 Å². The van der Waals surface area contributed by atoms with Gasteiger partial charge in [0.05, 0.1) is 100 Å². The van der Waals surface area contributed by atoms with Crippen LogP contribution >= 0.6 is 0 Å². The van der Waals surface area contributed by atoms with Crippen molar-refractivity contribution in [1.82, 2.24) is 70.2 Å². The molecule has 12 rings (SSSR count). The third-order valence-electron chi connectivity index (χ3n) is 25.8. The number of esters is 1. The van der Waals surface area contributed by atoms with Crippen molar-refractivity contribution >= 4 is 80.6 Å². The lowest BCUT2D eigenvalue weighted by Gasteiger charge is -2.42. The molecule has 710 valence electrons. The van der Waals surface area contributed by atoms with Crippen LogP contribution in [0.25, 0.3) is 44.6 Å². The van der Waals surface area contributed by atoms with Crippen LogP contribution in [0.3, 0.4) is 0 Å². The Morgan fingerprint density at radius 1 is 0.740 bits per heavy atom. The smallest absolute Gasteiger partial charge is 0.329 e. The number of methoxy groups -OCH3 is 3. The minimum Gasteiger partial charge on any atom is -0.508 e. The lowest BCUT2D eigenvalue weighted by molar-refractivity contribution is -0.265. The number of anilines is 3.